The summed E-state index contributed by atoms with van der Waals surface area (Å²) in [4.78, 5) is 37.2. The van der Waals surface area contributed by atoms with Gasteiger partial charge in [-0.15, -0.1) is 0 Å². The monoisotopic (exact) mass is 286 g/mol. The maximum atomic E-state index is 12.3. The lowest BCUT2D eigenvalue weighted by molar-refractivity contribution is -0.158. The van der Waals surface area contributed by atoms with Crippen LogP contribution in [-0.4, -0.2) is 55.8 Å². The van der Waals surface area contributed by atoms with Crippen LogP contribution in [0.4, 0.5) is 0 Å². The Balaban J connectivity index is 4.73. The lowest BCUT2D eigenvalue weighted by Gasteiger charge is -2.26. The van der Waals surface area contributed by atoms with Crippen molar-refractivity contribution in [3.8, 4) is 0 Å². The normalized spacial score (nSPS) is 11.3. The van der Waals surface area contributed by atoms with Crippen molar-refractivity contribution in [2.45, 2.75) is 34.1 Å². The summed E-state index contributed by atoms with van der Waals surface area (Å²) in [7, 11) is 1.55. The van der Waals surface area contributed by atoms with Crippen molar-refractivity contribution in [1.82, 2.24) is 10.2 Å². The second kappa shape index (κ2) is 8.68. The van der Waals surface area contributed by atoms with Gasteiger partial charge in [-0.3, -0.25) is 19.3 Å². The third kappa shape index (κ3) is 5.69. The molecule has 0 saturated heterocycles. The van der Waals surface area contributed by atoms with Gasteiger partial charge in [-0.2, -0.15) is 0 Å². The van der Waals surface area contributed by atoms with Gasteiger partial charge in [0, 0.05) is 7.05 Å². The van der Waals surface area contributed by atoms with E-state index in [9.17, 15) is 14.4 Å². The Hall–Kier alpha value is -1.43. The molecule has 0 saturated carbocycles. The lowest BCUT2D eigenvalue weighted by atomic mass is 9.87. The van der Waals surface area contributed by atoms with E-state index in [2.05, 4.69) is 5.32 Å². The zero-order valence-electron chi connectivity index (χ0n) is 13.1. The number of nitrogens with zero attached hydrogens (tertiary/aromatic N) is 1. The first-order chi connectivity index (χ1) is 9.29. The first kappa shape index (κ1) is 18.6. The van der Waals surface area contributed by atoms with Crippen molar-refractivity contribution >= 4 is 17.7 Å². The number of nitrogens with one attached hydrogen (secondary N) is 1. The number of esters is 1. The number of amides is 1. The highest BCUT2D eigenvalue weighted by Crippen LogP contribution is 2.19. The van der Waals surface area contributed by atoms with Crippen molar-refractivity contribution in [3.63, 3.8) is 0 Å². The van der Waals surface area contributed by atoms with Crippen LogP contribution in [0.5, 0.6) is 0 Å². The van der Waals surface area contributed by atoms with E-state index in [-0.39, 0.29) is 31.4 Å². The fraction of sp³-hybridized carbons (Fsp3) is 0.786. The Bertz CT molecular complexity index is 353. The van der Waals surface area contributed by atoms with Gasteiger partial charge in [0.15, 0.2) is 5.78 Å². The predicted molar refractivity (Wildman–Crippen MR) is 76.2 cm³/mol. The highest BCUT2D eigenvalue weighted by atomic mass is 16.5. The number of carbonyl (C=O) groups excluding carboxylic acids is 3. The van der Waals surface area contributed by atoms with Crippen LogP contribution in [0.25, 0.3) is 0 Å². The minimum absolute atomic E-state index is 0.0626. The summed E-state index contributed by atoms with van der Waals surface area (Å²) in [5.74, 6) is -0.921. The molecule has 20 heavy (non-hydrogen) atoms. The molecule has 6 heteroatoms. The standard InChI is InChI=1S/C14H26N2O4/c1-6-8-16(10-12(18)15-5)9-11(17)14(3,4)13(19)20-7-2/h6-10H2,1-5H3,(H,15,18). The third-order valence-electron chi connectivity index (χ3n) is 3.04. The van der Waals surface area contributed by atoms with Gasteiger partial charge in [0.1, 0.15) is 5.41 Å². The fourth-order valence-corrected chi connectivity index (χ4v) is 1.64. The van der Waals surface area contributed by atoms with Gasteiger partial charge in [-0.05, 0) is 33.7 Å². The molecule has 0 aliphatic carbocycles. The number of ketones is 1. The van der Waals surface area contributed by atoms with Crippen molar-refractivity contribution in [2.75, 3.05) is 33.3 Å². The van der Waals surface area contributed by atoms with Gasteiger partial charge in [0.2, 0.25) is 5.91 Å². The van der Waals surface area contributed by atoms with Crippen molar-refractivity contribution in [1.29, 1.82) is 0 Å². The van der Waals surface area contributed by atoms with E-state index in [4.69, 9.17) is 4.74 Å². The Morgan fingerprint density at radius 2 is 1.75 bits per heavy atom. The van der Waals surface area contributed by atoms with E-state index in [1.54, 1.807) is 32.7 Å². The van der Waals surface area contributed by atoms with Gasteiger partial charge < -0.3 is 10.1 Å². The van der Waals surface area contributed by atoms with E-state index in [1.807, 2.05) is 6.92 Å². The first-order valence-electron chi connectivity index (χ1n) is 6.93. The van der Waals surface area contributed by atoms with E-state index in [0.29, 0.717) is 6.54 Å². The van der Waals surface area contributed by atoms with Crippen LogP contribution in [0.2, 0.25) is 0 Å². The van der Waals surface area contributed by atoms with Crippen LogP contribution in [0.3, 0.4) is 0 Å². The second-order valence-corrected chi connectivity index (χ2v) is 5.15. The smallest absolute Gasteiger partial charge is 0.319 e. The fourth-order valence-electron chi connectivity index (χ4n) is 1.64. The van der Waals surface area contributed by atoms with Gasteiger partial charge in [-0.25, -0.2) is 0 Å². The number of carbonyl (C=O) groups is 3. The molecule has 0 rings (SSSR count). The molecule has 0 bridgehead atoms. The van der Waals surface area contributed by atoms with Crippen LogP contribution in [0.1, 0.15) is 34.1 Å². The Morgan fingerprint density at radius 3 is 2.20 bits per heavy atom. The number of likely N-dealkylation sites (N-methyl/N-ethyl adjacent to an activating group) is 1. The molecule has 1 amide bonds. The largest absolute Gasteiger partial charge is 0.465 e. The zero-order valence-corrected chi connectivity index (χ0v) is 13.1. The van der Waals surface area contributed by atoms with Crippen LogP contribution >= 0.6 is 0 Å². The molecule has 0 spiro atoms. The van der Waals surface area contributed by atoms with Crippen LogP contribution in [0.15, 0.2) is 0 Å². The quantitative estimate of drug-likeness (QED) is 0.496. The molecule has 0 unspecified atom stereocenters. The van der Waals surface area contributed by atoms with Gasteiger partial charge in [-0.1, -0.05) is 6.92 Å². The molecule has 0 aromatic heterocycles. The average molecular weight is 286 g/mol. The predicted octanol–water partition coefficient (Wildman–Crippen LogP) is 0.603. The molecule has 0 atom stereocenters. The summed E-state index contributed by atoms with van der Waals surface area (Å²) < 4.78 is 4.91. The summed E-state index contributed by atoms with van der Waals surface area (Å²) in [6.45, 7) is 7.85. The van der Waals surface area contributed by atoms with Gasteiger partial charge in [0.05, 0.1) is 19.7 Å². The van der Waals surface area contributed by atoms with Crippen LogP contribution in [-0.2, 0) is 19.1 Å². The summed E-state index contributed by atoms with van der Waals surface area (Å²) >= 11 is 0. The van der Waals surface area contributed by atoms with Gasteiger partial charge >= 0.3 is 5.97 Å². The SMILES string of the molecule is CCCN(CC(=O)NC)CC(=O)C(C)(C)C(=O)OCC. The first-order valence-corrected chi connectivity index (χ1v) is 6.93. The number of Topliss-reactive ketones (excluding diaryl/α,β-unsaturated/α-hetero) is 1. The Kier molecular flexibility index (Phi) is 8.06. The molecule has 0 radical (unpaired) electrons. The molecule has 6 nitrogen and oxygen atoms in total. The minimum atomic E-state index is -1.19. The molecular weight excluding hydrogens is 260 g/mol. The summed E-state index contributed by atoms with van der Waals surface area (Å²) in [5, 5.41) is 2.53. The van der Waals surface area contributed by atoms with Crippen molar-refractivity contribution in [3.05, 3.63) is 0 Å². The van der Waals surface area contributed by atoms with E-state index in [0.717, 1.165) is 6.42 Å². The molecule has 1 N–H and O–H groups in total. The molecule has 0 aromatic rings. The van der Waals surface area contributed by atoms with Gasteiger partial charge in [0.25, 0.3) is 0 Å². The Labute approximate surface area is 120 Å². The highest BCUT2D eigenvalue weighted by Gasteiger charge is 2.37. The number of hydrogen-bond donors (Lipinski definition) is 1. The third-order valence-corrected chi connectivity index (χ3v) is 3.04. The molecule has 0 heterocycles. The lowest BCUT2D eigenvalue weighted by Crippen LogP contribution is -2.45. The molecule has 0 fully saturated rings. The second-order valence-electron chi connectivity index (χ2n) is 5.15. The average Bonchev–Trinajstić information content (AvgIpc) is 2.38. The number of ether oxygens (including phenoxy) is 1. The van der Waals surface area contributed by atoms with Crippen molar-refractivity contribution < 1.29 is 19.1 Å². The topological polar surface area (TPSA) is 75.7 Å². The molecule has 0 aromatic carbocycles. The molecule has 0 aliphatic heterocycles. The van der Waals surface area contributed by atoms with E-state index < -0.39 is 11.4 Å². The van der Waals surface area contributed by atoms with Crippen molar-refractivity contribution in [2.24, 2.45) is 5.41 Å². The minimum Gasteiger partial charge on any atom is -0.465 e. The Morgan fingerprint density at radius 1 is 1.15 bits per heavy atom. The van der Waals surface area contributed by atoms with E-state index in [1.165, 1.54) is 0 Å². The van der Waals surface area contributed by atoms with Crippen LogP contribution in [0, 0.1) is 5.41 Å². The highest BCUT2D eigenvalue weighted by molar-refractivity contribution is 6.04. The summed E-state index contributed by atoms with van der Waals surface area (Å²) in [5.41, 5.74) is -1.19. The summed E-state index contributed by atoms with van der Waals surface area (Å²) in [6, 6.07) is 0. The molecule has 116 valence electrons. The van der Waals surface area contributed by atoms with Crippen LogP contribution < -0.4 is 5.32 Å². The number of hydrogen-bond acceptors (Lipinski definition) is 5. The summed E-state index contributed by atoms with van der Waals surface area (Å²) in [6.07, 6.45) is 0.824. The van der Waals surface area contributed by atoms with E-state index >= 15 is 0 Å². The maximum Gasteiger partial charge on any atom is 0.319 e. The number of rotatable bonds is 9. The molecular formula is C14H26N2O4. The zero-order chi connectivity index (χ0) is 15.8. The maximum absolute atomic E-state index is 12.3. The molecule has 0 aliphatic rings.